The zero-order valence-electron chi connectivity index (χ0n) is 50.5. The van der Waals surface area contributed by atoms with Crippen LogP contribution in [0.4, 0.5) is 9.59 Å². The Morgan fingerprint density at radius 1 is 0.488 bits per heavy atom. The Balaban J connectivity index is 0.000000626. The minimum absolute atomic E-state index is 0. The van der Waals surface area contributed by atoms with Gasteiger partial charge in [0.2, 0.25) is 17.7 Å². The number of amides is 5. The van der Waals surface area contributed by atoms with E-state index in [9.17, 15) is 43.5 Å². The van der Waals surface area contributed by atoms with Crippen molar-refractivity contribution in [2.75, 3.05) is 26.7 Å². The van der Waals surface area contributed by atoms with E-state index in [0.29, 0.717) is 19.4 Å². The summed E-state index contributed by atoms with van der Waals surface area (Å²) in [5, 5.41) is 35.2. The molecule has 0 aliphatic carbocycles. The predicted molar refractivity (Wildman–Crippen MR) is 318 cm³/mol. The molecule has 0 fully saturated rings. The molecule has 3 aromatic carbocycles. The van der Waals surface area contributed by atoms with Gasteiger partial charge < -0.3 is 71.4 Å². The molecule has 11 N–H and O–H groups in total. The third kappa shape index (κ3) is 21.7. The molecule has 0 radical (unpaired) electrons. The van der Waals surface area contributed by atoms with E-state index in [1.807, 2.05) is 92.2 Å². The Bertz CT molecular complexity index is 3160. The Hall–Kier alpha value is -7.80. The topological polar surface area (TPSA) is 342 Å². The van der Waals surface area contributed by atoms with E-state index in [0.717, 1.165) is 44.9 Å². The van der Waals surface area contributed by atoms with E-state index in [4.69, 9.17) is 19.3 Å². The minimum Gasteiger partial charge on any atom is -0.870 e. The quantitative estimate of drug-likeness (QED) is 0.0187. The van der Waals surface area contributed by atoms with Crippen LogP contribution in [0.2, 0.25) is 0 Å². The number of alkyl carbamates (subject to hydrolysis) is 2. The fourth-order valence-electron chi connectivity index (χ4n) is 8.08. The first kappa shape index (κ1) is 74.2. The molecular formula is C61H87LiN8O14. The molecule has 3 aromatic heterocycles. The molecule has 0 bridgehead atoms. The van der Waals surface area contributed by atoms with Crippen LogP contribution in [0.15, 0.2) is 91.4 Å². The first-order chi connectivity index (χ1) is 37.7. The second-order valence-corrected chi connectivity index (χ2v) is 23.6. The number of esters is 1. The number of carbonyl (C=O) groups excluding carboxylic acids is 6. The summed E-state index contributed by atoms with van der Waals surface area (Å²) in [6, 6.07) is 22.8. The number of aromatic nitrogens is 3. The van der Waals surface area contributed by atoms with Crippen LogP contribution in [0.25, 0.3) is 32.7 Å². The van der Waals surface area contributed by atoms with Crippen LogP contribution in [-0.4, -0.2) is 128 Å². The number of H-pyrrole nitrogens is 3. The van der Waals surface area contributed by atoms with Gasteiger partial charge in [0, 0.05) is 70.9 Å². The number of aliphatic carboxylic acids is 2. The molecule has 0 aliphatic rings. The summed E-state index contributed by atoms with van der Waals surface area (Å²) < 4.78 is 15.4. The van der Waals surface area contributed by atoms with Crippen molar-refractivity contribution >= 4 is 80.5 Å². The Morgan fingerprint density at radius 3 is 1.10 bits per heavy atom. The summed E-state index contributed by atoms with van der Waals surface area (Å²) in [6.07, 6.45) is 6.26. The van der Waals surface area contributed by atoms with E-state index >= 15 is 0 Å². The monoisotopic (exact) mass is 1160 g/mol. The van der Waals surface area contributed by atoms with Crippen molar-refractivity contribution in [1.29, 1.82) is 0 Å². The maximum atomic E-state index is 12.5. The number of hydrogen-bond acceptors (Lipinski definition) is 12. The van der Waals surface area contributed by atoms with Gasteiger partial charge in [0.15, 0.2) is 0 Å². The number of fused-ring (bicyclic) bond motifs is 3. The van der Waals surface area contributed by atoms with Crippen LogP contribution in [0.1, 0.15) is 114 Å². The van der Waals surface area contributed by atoms with Crippen molar-refractivity contribution in [3.05, 3.63) is 108 Å². The molecule has 456 valence electrons. The number of hydrogen-bond donors (Lipinski definition) is 10. The molecule has 5 amide bonds. The van der Waals surface area contributed by atoms with Crippen molar-refractivity contribution in [3.63, 3.8) is 0 Å². The largest absolute Gasteiger partial charge is 1.00 e. The van der Waals surface area contributed by atoms with Gasteiger partial charge >= 0.3 is 49.0 Å². The van der Waals surface area contributed by atoms with Gasteiger partial charge in [-0.15, -0.1) is 0 Å². The molecule has 6 aromatic rings. The fraction of sp³-hybridized carbons (Fsp3) is 0.475. The maximum Gasteiger partial charge on any atom is 1.00 e. The number of rotatable bonds is 20. The van der Waals surface area contributed by atoms with E-state index in [-0.39, 0.29) is 50.8 Å². The molecule has 22 nitrogen and oxygen atoms in total. The van der Waals surface area contributed by atoms with Crippen molar-refractivity contribution in [2.45, 2.75) is 140 Å². The SMILES string of the molecule is C.CC(C)(C)OC(=O)NC(CNC(=O)C(C)(C)C(=O)O)Cc1c[nH]c2ccccc12.CC(CNC(=O)C(C)(C)C(=O)O)Cc1c[nH]c2ccccc12.COC(=O)C(C)(C)C(=O)NCC(Cc1c[nH]c2ccccc12)NC(=O)OC(C)(C)C.[Li+].[OH-]. The molecule has 3 heterocycles. The first-order valence-electron chi connectivity index (χ1n) is 26.7. The number of benzene rings is 3. The molecule has 3 atom stereocenters. The van der Waals surface area contributed by atoms with Crippen LogP contribution in [0, 0.1) is 22.2 Å². The van der Waals surface area contributed by atoms with Gasteiger partial charge in [-0.25, -0.2) is 9.59 Å². The number of carboxylic acids is 2. The fourth-order valence-corrected chi connectivity index (χ4v) is 8.08. The predicted octanol–water partition coefficient (Wildman–Crippen LogP) is 5.79. The van der Waals surface area contributed by atoms with Crippen LogP contribution >= 0.6 is 0 Å². The molecule has 0 aliphatic heterocycles. The number of carbonyl (C=O) groups is 8. The molecule has 3 unspecified atom stereocenters. The number of methoxy groups -OCH3 is 1. The average molecular weight is 1160 g/mol. The molecule has 6 rings (SSSR count). The standard InChI is InChI=1S/C22H31N3O5.C21H29N3O5.C17H22N2O3.CH4.Li.H2O/c1-21(2,3)30-20(28)25-15(13-24-18(26)22(4,5)19(27)29-6)11-14-12-23-17-10-8-7-9-16(14)17;1-20(2,3)29-19(28)24-14(12-23-17(25)21(4,5)18(26)27)10-13-11-22-16-9-7-6-8-15(13)16;1-11(9-19-15(20)17(2,3)16(21)22)8-12-10-18-14-7-5-4-6-13(12)14;;;/h7-10,12,15,23H,11,13H2,1-6H3,(H,24,26)(H,25,28);6-9,11,14,22H,10,12H2,1-5H3,(H,23,25)(H,24,28)(H,26,27);4-7,10-11,18H,8-9H2,1-3H3,(H,19,20)(H,21,22);1H4;;1H2/q;;;;+1;/p-1. The Labute approximate surface area is 503 Å². The van der Waals surface area contributed by atoms with Crippen LogP contribution in [0.5, 0.6) is 0 Å². The van der Waals surface area contributed by atoms with Crippen molar-refractivity contribution < 1.29 is 87.1 Å². The van der Waals surface area contributed by atoms with E-state index < -0.39 is 87.3 Å². The zero-order chi connectivity index (χ0) is 60.7. The molecular weight excluding hydrogens is 1080 g/mol. The number of aromatic amines is 3. The number of para-hydroxylation sites is 3. The van der Waals surface area contributed by atoms with Crippen molar-refractivity contribution in [3.8, 4) is 0 Å². The third-order valence-corrected chi connectivity index (χ3v) is 13.1. The van der Waals surface area contributed by atoms with E-state index in [2.05, 4.69) is 47.6 Å². The van der Waals surface area contributed by atoms with Gasteiger partial charge in [-0.3, -0.25) is 28.8 Å². The summed E-state index contributed by atoms with van der Waals surface area (Å²) in [7, 11) is 1.24. The van der Waals surface area contributed by atoms with Gasteiger partial charge in [0.1, 0.15) is 27.4 Å². The second-order valence-electron chi connectivity index (χ2n) is 23.6. The minimum atomic E-state index is -1.57. The summed E-state index contributed by atoms with van der Waals surface area (Å²) in [4.78, 5) is 105. The van der Waals surface area contributed by atoms with Gasteiger partial charge in [-0.2, -0.15) is 0 Å². The smallest absolute Gasteiger partial charge is 0.870 e. The molecule has 0 saturated carbocycles. The number of ether oxygens (including phenoxy) is 3. The van der Waals surface area contributed by atoms with Gasteiger partial charge in [0.05, 0.1) is 19.2 Å². The normalized spacial score (nSPS) is 12.5. The molecule has 0 spiro atoms. The zero-order valence-corrected chi connectivity index (χ0v) is 50.5. The van der Waals surface area contributed by atoms with Crippen LogP contribution in [0.3, 0.4) is 0 Å². The van der Waals surface area contributed by atoms with Crippen LogP contribution < -0.4 is 45.4 Å². The van der Waals surface area contributed by atoms with Gasteiger partial charge in [0.25, 0.3) is 0 Å². The molecule has 84 heavy (non-hydrogen) atoms. The van der Waals surface area contributed by atoms with Gasteiger partial charge in [-0.05, 0) is 143 Å². The summed E-state index contributed by atoms with van der Waals surface area (Å²) in [5.74, 6) is -4.31. The molecule has 23 heteroatoms. The summed E-state index contributed by atoms with van der Waals surface area (Å²) in [5.41, 5.74) is 0.588. The first-order valence-corrected chi connectivity index (χ1v) is 26.7. The van der Waals surface area contributed by atoms with E-state index in [1.54, 1.807) is 41.5 Å². The van der Waals surface area contributed by atoms with Gasteiger partial charge in [-0.1, -0.05) is 68.9 Å². The van der Waals surface area contributed by atoms with Crippen LogP contribution in [-0.2, 0) is 62.2 Å². The average Bonchev–Trinajstić information content (AvgIpc) is 4.12. The number of carboxylic acid groups (broad SMARTS) is 2. The van der Waals surface area contributed by atoms with Crippen molar-refractivity contribution in [2.24, 2.45) is 22.2 Å². The van der Waals surface area contributed by atoms with Crippen molar-refractivity contribution in [1.82, 2.24) is 41.5 Å². The van der Waals surface area contributed by atoms with E-state index in [1.165, 1.54) is 59.6 Å². The second kappa shape index (κ2) is 31.7. The Kier molecular flexibility index (Phi) is 28.0. The third-order valence-electron chi connectivity index (χ3n) is 13.1. The number of nitrogens with one attached hydrogen (secondary N) is 8. The maximum absolute atomic E-state index is 12.5. The molecule has 0 saturated heterocycles. The summed E-state index contributed by atoms with van der Waals surface area (Å²) in [6.45, 7) is 21.8. The Morgan fingerprint density at radius 2 is 0.786 bits per heavy atom. The summed E-state index contributed by atoms with van der Waals surface area (Å²) >= 11 is 0.